The first-order valence-corrected chi connectivity index (χ1v) is 10.2. The van der Waals surface area contributed by atoms with Gasteiger partial charge in [0.25, 0.3) is 0 Å². The number of nitrogens with zero attached hydrogens (tertiary/aromatic N) is 4. The van der Waals surface area contributed by atoms with E-state index >= 15 is 0 Å². The molecule has 2 aromatic heterocycles. The number of carbonyl (C=O) groups excluding carboxylic acids is 1. The van der Waals surface area contributed by atoms with Crippen molar-refractivity contribution in [1.82, 2.24) is 25.6 Å². The van der Waals surface area contributed by atoms with E-state index in [4.69, 9.17) is 4.74 Å². The predicted octanol–water partition coefficient (Wildman–Crippen LogP) is 4.42. The van der Waals surface area contributed by atoms with Gasteiger partial charge in [-0.25, -0.2) is 4.98 Å². The summed E-state index contributed by atoms with van der Waals surface area (Å²) in [6.07, 6.45) is 0.313. The Morgan fingerprint density at radius 1 is 0.875 bits per heavy atom. The normalized spacial score (nSPS) is 10.9. The summed E-state index contributed by atoms with van der Waals surface area (Å²) in [4.78, 5) is 17.3. The van der Waals surface area contributed by atoms with E-state index in [9.17, 15) is 4.79 Å². The molecular formula is C25H19N5O2. The number of hydrogen-bond donors (Lipinski definition) is 1. The standard InChI is InChI=1S/C25H19N5O2/c31-24(15-17-5-7-20(8-6-17)25-27-29-30-28-25)19-10-13-22(14-11-19)32-16-21-12-9-18-3-1-2-4-23(18)26-21/h1-14H,15-16H2,(H,27,28,29,30). The molecule has 0 aliphatic rings. The van der Waals surface area contributed by atoms with Crippen molar-refractivity contribution in [2.45, 2.75) is 13.0 Å². The lowest BCUT2D eigenvalue weighted by molar-refractivity contribution is 0.0993. The number of Topliss-reactive ketones (excluding diaryl/α,β-unsaturated/α-hetero) is 1. The van der Waals surface area contributed by atoms with E-state index in [-0.39, 0.29) is 5.78 Å². The number of nitrogens with one attached hydrogen (secondary N) is 1. The van der Waals surface area contributed by atoms with Crippen LogP contribution < -0.4 is 4.74 Å². The Hall–Kier alpha value is -4.39. The van der Waals surface area contributed by atoms with Crippen LogP contribution in [0.25, 0.3) is 22.3 Å². The molecule has 5 aromatic rings. The Balaban J connectivity index is 1.19. The summed E-state index contributed by atoms with van der Waals surface area (Å²) < 4.78 is 5.85. The maximum Gasteiger partial charge on any atom is 0.204 e. The second-order valence-corrected chi connectivity index (χ2v) is 7.34. The summed E-state index contributed by atoms with van der Waals surface area (Å²) in [7, 11) is 0. The molecule has 0 spiro atoms. The number of H-pyrrole nitrogens is 1. The van der Waals surface area contributed by atoms with Gasteiger partial charge in [-0.3, -0.25) is 4.79 Å². The molecule has 0 fully saturated rings. The maximum absolute atomic E-state index is 12.7. The molecule has 0 aliphatic carbocycles. The van der Waals surface area contributed by atoms with Crippen molar-refractivity contribution >= 4 is 16.7 Å². The zero-order valence-corrected chi connectivity index (χ0v) is 17.1. The molecule has 0 unspecified atom stereocenters. The molecule has 3 aromatic carbocycles. The van der Waals surface area contributed by atoms with Crippen LogP contribution in [0.15, 0.2) is 84.9 Å². The minimum Gasteiger partial charge on any atom is -0.487 e. The maximum atomic E-state index is 12.7. The third-order valence-corrected chi connectivity index (χ3v) is 5.14. The van der Waals surface area contributed by atoms with Crippen LogP contribution in [0.3, 0.4) is 0 Å². The lowest BCUT2D eigenvalue weighted by atomic mass is 10.0. The Bertz CT molecular complexity index is 1350. The zero-order chi connectivity index (χ0) is 21.8. The van der Waals surface area contributed by atoms with Crippen LogP contribution in [0, 0.1) is 0 Å². The summed E-state index contributed by atoms with van der Waals surface area (Å²) >= 11 is 0. The number of pyridine rings is 1. The number of tetrazole rings is 1. The molecule has 0 bridgehead atoms. The van der Waals surface area contributed by atoms with Gasteiger partial charge in [-0.1, -0.05) is 48.5 Å². The molecule has 0 amide bonds. The summed E-state index contributed by atoms with van der Waals surface area (Å²) in [5, 5.41) is 15.0. The second kappa shape index (κ2) is 8.77. The zero-order valence-electron chi connectivity index (χ0n) is 17.1. The van der Waals surface area contributed by atoms with Gasteiger partial charge in [-0.05, 0) is 47.2 Å². The van der Waals surface area contributed by atoms with Gasteiger partial charge in [-0.2, -0.15) is 5.21 Å². The average molecular weight is 421 g/mol. The van der Waals surface area contributed by atoms with Crippen molar-refractivity contribution < 1.29 is 9.53 Å². The van der Waals surface area contributed by atoms with Crippen LogP contribution in [-0.4, -0.2) is 31.4 Å². The number of carbonyl (C=O) groups is 1. The van der Waals surface area contributed by atoms with Crippen molar-refractivity contribution in [3.8, 4) is 17.1 Å². The summed E-state index contributed by atoms with van der Waals surface area (Å²) in [5.74, 6) is 1.26. The first-order chi connectivity index (χ1) is 15.7. The molecule has 0 saturated carbocycles. The van der Waals surface area contributed by atoms with Gasteiger partial charge in [-0.15, -0.1) is 10.2 Å². The number of fused-ring (bicyclic) bond motifs is 1. The van der Waals surface area contributed by atoms with Gasteiger partial charge in [0.15, 0.2) is 5.78 Å². The van der Waals surface area contributed by atoms with Gasteiger partial charge in [0.2, 0.25) is 5.82 Å². The van der Waals surface area contributed by atoms with Crippen molar-refractivity contribution in [2.75, 3.05) is 0 Å². The molecule has 2 heterocycles. The van der Waals surface area contributed by atoms with Crippen molar-refractivity contribution in [2.24, 2.45) is 0 Å². The molecule has 5 rings (SSSR count). The predicted molar refractivity (Wildman–Crippen MR) is 120 cm³/mol. The fraction of sp³-hybridized carbons (Fsp3) is 0.0800. The van der Waals surface area contributed by atoms with Gasteiger partial charge >= 0.3 is 0 Å². The molecule has 0 atom stereocenters. The number of rotatable bonds is 7. The SMILES string of the molecule is O=C(Cc1ccc(-c2nn[nH]n2)cc1)c1ccc(OCc2ccc3ccccc3n2)cc1. The number of hydrogen-bond acceptors (Lipinski definition) is 6. The van der Waals surface area contributed by atoms with Crippen LogP contribution >= 0.6 is 0 Å². The van der Waals surface area contributed by atoms with Crippen LogP contribution in [0.5, 0.6) is 5.75 Å². The molecule has 156 valence electrons. The van der Waals surface area contributed by atoms with Crippen molar-refractivity contribution in [3.63, 3.8) is 0 Å². The second-order valence-electron chi connectivity index (χ2n) is 7.34. The Morgan fingerprint density at radius 3 is 2.47 bits per heavy atom. The van der Waals surface area contributed by atoms with Crippen LogP contribution in [0.4, 0.5) is 0 Å². The average Bonchev–Trinajstić information content (AvgIpc) is 3.38. The van der Waals surface area contributed by atoms with E-state index in [1.807, 2.05) is 72.8 Å². The van der Waals surface area contributed by atoms with E-state index in [0.29, 0.717) is 30.2 Å². The minimum absolute atomic E-state index is 0.0417. The highest BCUT2D eigenvalue weighted by Gasteiger charge is 2.09. The Kier molecular flexibility index (Phi) is 5.36. The van der Waals surface area contributed by atoms with Gasteiger partial charge < -0.3 is 4.74 Å². The third kappa shape index (κ3) is 4.37. The fourth-order valence-electron chi connectivity index (χ4n) is 3.43. The summed E-state index contributed by atoms with van der Waals surface area (Å²) in [6, 6.07) is 26.8. The van der Waals surface area contributed by atoms with Crippen LogP contribution in [0.1, 0.15) is 21.6 Å². The van der Waals surface area contributed by atoms with Gasteiger partial charge in [0.1, 0.15) is 12.4 Å². The number of para-hydroxylation sites is 1. The molecule has 0 aliphatic heterocycles. The largest absolute Gasteiger partial charge is 0.487 e. The minimum atomic E-state index is 0.0417. The fourth-order valence-corrected chi connectivity index (χ4v) is 3.43. The molecule has 0 radical (unpaired) electrons. The van der Waals surface area contributed by atoms with Crippen LogP contribution in [0.2, 0.25) is 0 Å². The number of ketones is 1. The van der Waals surface area contributed by atoms with E-state index in [0.717, 1.165) is 27.7 Å². The Morgan fingerprint density at radius 2 is 1.69 bits per heavy atom. The summed E-state index contributed by atoms with van der Waals surface area (Å²) in [6.45, 7) is 0.366. The summed E-state index contributed by atoms with van der Waals surface area (Å²) in [5.41, 5.74) is 4.21. The first-order valence-electron chi connectivity index (χ1n) is 10.2. The first kappa shape index (κ1) is 19.6. The van der Waals surface area contributed by atoms with E-state index < -0.39 is 0 Å². The number of ether oxygens (including phenoxy) is 1. The molecule has 1 N–H and O–H groups in total. The van der Waals surface area contributed by atoms with E-state index in [1.165, 1.54) is 0 Å². The van der Waals surface area contributed by atoms with Crippen LogP contribution in [-0.2, 0) is 13.0 Å². The number of benzene rings is 3. The highest BCUT2D eigenvalue weighted by atomic mass is 16.5. The van der Waals surface area contributed by atoms with E-state index in [2.05, 4.69) is 25.6 Å². The van der Waals surface area contributed by atoms with Crippen molar-refractivity contribution in [1.29, 1.82) is 0 Å². The lowest BCUT2D eigenvalue weighted by Gasteiger charge is -2.08. The monoisotopic (exact) mass is 421 g/mol. The molecule has 7 nitrogen and oxygen atoms in total. The third-order valence-electron chi connectivity index (χ3n) is 5.14. The van der Waals surface area contributed by atoms with E-state index in [1.54, 1.807) is 12.1 Å². The molecular weight excluding hydrogens is 402 g/mol. The number of aromatic amines is 1. The highest BCUT2D eigenvalue weighted by Crippen LogP contribution is 2.18. The topological polar surface area (TPSA) is 93.7 Å². The molecule has 7 heteroatoms. The quantitative estimate of drug-likeness (QED) is 0.391. The lowest BCUT2D eigenvalue weighted by Crippen LogP contribution is -2.04. The van der Waals surface area contributed by atoms with Gasteiger partial charge in [0, 0.05) is 22.9 Å². The molecule has 0 saturated heterocycles. The highest BCUT2D eigenvalue weighted by molar-refractivity contribution is 5.97. The molecule has 32 heavy (non-hydrogen) atoms. The Labute approximate surface area is 184 Å². The van der Waals surface area contributed by atoms with Gasteiger partial charge in [0.05, 0.1) is 11.2 Å². The van der Waals surface area contributed by atoms with Crippen molar-refractivity contribution in [3.05, 3.63) is 102 Å². The smallest absolute Gasteiger partial charge is 0.204 e. The number of aromatic nitrogens is 5.